The molecule has 9 rings (SSSR count). The Morgan fingerprint density at radius 3 is 1.68 bits per heavy atom. The zero-order valence-corrected chi connectivity index (χ0v) is 23.1. The van der Waals surface area contributed by atoms with Gasteiger partial charge in [-0.1, -0.05) is 121 Å². The number of rotatable bonds is 2. The monoisotopic (exact) mass is 536 g/mol. The summed E-state index contributed by atoms with van der Waals surface area (Å²) in [5.41, 5.74) is 5.16. The van der Waals surface area contributed by atoms with Gasteiger partial charge in [0.05, 0.1) is 0 Å². The fraction of sp³-hybridized carbons (Fsp3) is 0. The van der Waals surface area contributed by atoms with Gasteiger partial charge in [0.25, 0.3) is 0 Å². The standard InChI is InChI=1S/C40H24S/c1-2-11-26-22-28(21-20-25(26)10-1)39-30-14-3-5-16-32(30)40(33-17-6-4-15-31(33)39)34-18-9-12-27-23-36-29-13-7-8-19-37(29)41-38(36)24-35(27)34/h1-24H. The Bertz CT molecular complexity index is 2420. The lowest BCUT2D eigenvalue weighted by atomic mass is 9.84. The molecule has 0 aliphatic heterocycles. The molecular weight excluding hydrogens is 513 g/mol. The molecule has 0 saturated carbocycles. The average Bonchev–Trinajstić information content (AvgIpc) is 3.39. The van der Waals surface area contributed by atoms with Crippen LogP contribution >= 0.6 is 11.3 Å². The molecule has 8 aromatic carbocycles. The first-order chi connectivity index (χ1) is 20.3. The molecule has 41 heavy (non-hydrogen) atoms. The summed E-state index contributed by atoms with van der Waals surface area (Å²) in [6.07, 6.45) is 0. The molecule has 9 aromatic rings. The Hall–Kier alpha value is -4.98. The van der Waals surface area contributed by atoms with Crippen LogP contribution in [0.5, 0.6) is 0 Å². The molecule has 0 fully saturated rings. The van der Waals surface area contributed by atoms with Crippen LogP contribution in [0.15, 0.2) is 146 Å². The van der Waals surface area contributed by atoms with Crippen molar-refractivity contribution < 1.29 is 0 Å². The molecule has 0 unspecified atom stereocenters. The van der Waals surface area contributed by atoms with E-state index in [0.717, 1.165) is 0 Å². The summed E-state index contributed by atoms with van der Waals surface area (Å²) in [5.74, 6) is 0. The highest BCUT2D eigenvalue weighted by Crippen LogP contribution is 2.46. The Morgan fingerprint density at radius 1 is 0.317 bits per heavy atom. The van der Waals surface area contributed by atoms with E-state index in [9.17, 15) is 0 Å². The molecule has 0 amide bonds. The minimum Gasteiger partial charge on any atom is -0.135 e. The van der Waals surface area contributed by atoms with Crippen molar-refractivity contribution in [3.8, 4) is 22.3 Å². The summed E-state index contributed by atoms with van der Waals surface area (Å²) in [6.45, 7) is 0. The summed E-state index contributed by atoms with van der Waals surface area (Å²) < 4.78 is 2.68. The van der Waals surface area contributed by atoms with Crippen LogP contribution in [0.1, 0.15) is 0 Å². The second-order valence-corrected chi connectivity index (χ2v) is 12.0. The van der Waals surface area contributed by atoms with Crippen LogP contribution in [0.3, 0.4) is 0 Å². The quantitative estimate of drug-likeness (QED) is 0.193. The maximum atomic E-state index is 2.42. The third-order valence-corrected chi connectivity index (χ3v) is 9.75. The normalized spacial score (nSPS) is 11.9. The third-order valence-electron chi connectivity index (χ3n) is 8.62. The molecule has 0 nitrogen and oxygen atoms in total. The number of hydrogen-bond donors (Lipinski definition) is 0. The fourth-order valence-electron chi connectivity index (χ4n) is 6.79. The Balaban J connectivity index is 1.40. The molecule has 0 N–H and O–H groups in total. The van der Waals surface area contributed by atoms with Crippen LogP contribution in [-0.2, 0) is 0 Å². The molecular formula is C40H24S. The summed E-state index contributed by atoms with van der Waals surface area (Å²) >= 11 is 1.89. The first-order valence-corrected chi connectivity index (χ1v) is 14.9. The van der Waals surface area contributed by atoms with Crippen molar-refractivity contribution in [1.29, 1.82) is 0 Å². The molecule has 1 heterocycles. The van der Waals surface area contributed by atoms with Crippen molar-refractivity contribution in [1.82, 2.24) is 0 Å². The van der Waals surface area contributed by atoms with Crippen molar-refractivity contribution in [2.24, 2.45) is 0 Å². The molecule has 0 atom stereocenters. The third kappa shape index (κ3) is 3.40. The summed E-state index contributed by atoms with van der Waals surface area (Å²) in [6, 6.07) is 53.8. The van der Waals surface area contributed by atoms with Gasteiger partial charge in [0.2, 0.25) is 0 Å². The van der Waals surface area contributed by atoms with Gasteiger partial charge in [0.15, 0.2) is 0 Å². The van der Waals surface area contributed by atoms with Gasteiger partial charge in [-0.15, -0.1) is 11.3 Å². The lowest BCUT2D eigenvalue weighted by Gasteiger charge is -2.19. The minimum atomic E-state index is 1.26. The van der Waals surface area contributed by atoms with Crippen LogP contribution in [0.4, 0.5) is 0 Å². The lowest BCUT2D eigenvalue weighted by molar-refractivity contribution is 1.69. The van der Waals surface area contributed by atoms with Gasteiger partial charge >= 0.3 is 0 Å². The molecule has 0 aliphatic rings. The van der Waals surface area contributed by atoms with E-state index in [-0.39, 0.29) is 0 Å². The number of benzene rings is 8. The van der Waals surface area contributed by atoms with Crippen molar-refractivity contribution in [2.75, 3.05) is 0 Å². The van der Waals surface area contributed by atoms with Crippen molar-refractivity contribution in [2.45, 2.75) is 0 Å². The SMILES string of the molecule is c1ccc2cc(-c3c4ccccc4c(-c4cccc5cc6c(cc45)sc4ccccc46)c4ccccc34)ccc2c1. The van der Waals surface area contributed by atoms with E-state index < -0.39 is 0 Å². The molecule has 0 radical (unpaired) electrons. The Morgan fingerprint density at radius 2 is 0.927 bits per heavy atom. The zero-order chi connectivity index (χ0) is 26.9. The van der Waals surface area contributed by atoms with Gasteiger partial charge in [-0.05, 0) is 89.6 Å². The summed E-state index contributed by atoms with van der Waals surface area (Å²) in [7, 11) is 0. The van der Waals surface area contributed by atoms with E-state index in [1.807, 2.05) is 11.3 Å². The predicted molar refractivity (Wildman–Crippen MR) is 180 cm³/mol. The Labute approximate surface area is 241 Å². The molecule has 1 heteroatoms. The zero-order valence-electron chi connectivity index (χ0n) is 22.3. The fourth-order valence-corrected chi connectivity index (χ4v) is 7.92. The van der Waals surface area contributed by atoms with Gasteiger partial charge in [-0.2, -0.15) is 0 Å². The second kappa shape index (κ2) is 8.76. The van der Waals surface area contributed by atoms with Crippen LogP contribution < -0.4 is 0 Å². The topological polar surface area (TPSA) is 0 Å². The van der Waals surface area contributed by atoms with E-state index in [1.54, 1.807) is 0 Å². The van der Waals surface area contributed by atoms with Gasteiger partial charge in [-0.25, -0.2) is 0 Å². The van der Waals surface area contributed by atoms with Crippen LogP contribution in [-0.4, -0.2) is 0 Å². The number of fused-ring (bicyclic) bond motifs is 7. The Kier molecular flexibility index (Phi) is 4.87. The lowest BCUT2D eigenvalue weighted by Crippen LogP contribution is -1.91. The highest BCUT2D eigenvalue weighted by atomic mass is 32.1. The van der Waals surface area contributed by atoms with Crippen LogP contribution in [0, 0.1) is 0 Å². The van der Waals surface area contributed by atoms with Crippen molar-refractivity contribution in [3.63, 3.8) is 0 Å². The van der Waals surface area contributed by atoms with Crippen LogP contribution in [0.25, 0.3) is 85.5 Å². The van der Waals surface area contributed by atoms with E-state index in [4.69, 9.17) is 0 Å². The highest BCUT2D eigenvalue weighted by molar-refractivity contribution is 7.25. The van der Waals surface area contributed by atoms with E-state index in [2.05, 4.69) is 146 Å². The maximum Gasteiger partial charge on any atom is 0.0362 e. The van der Waals surface area contributed by atoms with E-state index >= 15 is 0 Å². The number of thiophene rings is 1. The summed E-state index contributed by atoms with van der Waals surface area (Å²) in [5, 5.41) is 13.0. The first-order valence-electron chi connectivity index (χ1n) is 14.1. The van der Waals surface area contributed by atoms with Crippen molar-refractivity contribution in [3.05, 3.63) is 146 Å². The molecule has 0 saturated heterocycles. The largest absolute Gasteiger partial charge is 0.135 e. The van der Waals surface area contributed by atoms with Gasteiger partial charge in [0, 0.05) is 20.2 Å². The van der Waals surface area contributed by atoms with Gasteiger partial charge in [-0.3, -0.25) is 0 Å². The van der Waals surface area contributed by atoms with Crippen LogP contribution in [0.2, 0.25) is 0 Å². The van der Waals surface area contributed by atoms with Crippen molar-refractivity contribution >= 4 is 74.6 Å². The molecule has 0 bridgehead atoms. The highest BCUT2D eigenvalue weighted by Gasteiger charge is 2.18. The minimum absolute atomic E-state index is 1.26. The molecule has 0 aliphatic carbocycles. The average molecular weight is 537 g/mol. The van der Waals surface area contributed by atoms with E-state index in [0.29, 0.717) is 0 Å². The first kappa shape index (κ1) is 22.8. The van der Waals surface area contributed by atoms with Gasteiger partial charge in [0.1, 0.15) is 0 Å². The molecule has 0 spiro atoms. The molecule has 190 valence electrons. The maximum absolute atomic E-state index is 2.42. The smallest absolute Gasteiger partial charge is 0.0362 e. The number of hydrogen-bond acceptors (Lipinski definition) is 1. The molecule has 1 aromatic heterocycles. The summed E-state index contributed by atoms with van der Waals surface area (Å²) in [4.78, 5) is 0. The van der Waals surface area contributed by atoms with E-state index in [1.165, 1.54) is 85.5 Å². The van der Waals surface area contributed by atoms with Gasteiger partial charge < -0.3 is 0 Å². The predicted octanol–water partition coefficient (Wildman–Crippen LogP) is 12.0. The second-order valence-electron chi connectivity index (χ2n) is 10.9.